The van der Waals surface area contributed by atoms with E-state index in [0.717, 1.165) is 29.4 Å². The van der Waals surface area contributed by atoms with Crippen LogP contribution < -0.4 is 11.1 Å². The van der Waals surface area contributed by atoms with E-state index in [0.29, 0.717) is 12.1 Å². The molecule has 2 rings (SSSR count). The van der Waals surface area contributed by atoms with Crippen molar-refractivity contribution < 1.29 is 0 Å². The highest BCUT2D eigenvalue weighted by Crippen LogP contribution is 2.26. The second-order valence-electron chi connectivity index (χ2n) is 3.89. The molecule has 0 aliphatic heterocycles. The van der Waals surface area contributed by atoms with E-state index in [1.165, 1.54) is 0 Å². The molecule has 0 radical (unpaired) electrons. The maximum Gasteiger partial charge on any atom is 0.0998 e. The van der Waals surface area contributed by atoms with Crippen molar-refractivity contribution in [2.75, 3.05) is 18.4 Å². The predicted octanol–water partition coefficient (Wildman–Crippen LogP) is 2.47. The summed E-state index contributed by atoms with van der Waals surface area (Å²) in [6.45, 7) is 1.54. The highest BCUT2D eigenvalue weighted by Gasteiger charge is 2.04. The number of hydrogen-bond acceptors (Lipinski definition) is 3. The zero-order valence-corrected chi connectivity index (χ0v) is 9.61. The molecular weight excluding hydrogens is 210 g/mol. The molecule has 3 N–H and O–H groups in total. The third kappa shape index (κ3) is 2.38. The first-order chi connectivity index (χ1) is 8.36. The maximum atomic E-state index is 9.05. The highest BCUT2D eigenvalue weighted by atomic mass is 14.9. The monoisotopic (exact) mass is 225 g/mol. The molecule has 2 aromatic carbocycles. The van der Waals surface area contributed by atoms with Crippen LogP contribution in [0, 0.1) is 11.3 Å². The summed E-state index contributed by atoms with van der Waals surface area (Å²) >= 11 is 0. The molecule has 17 heavy (non-hydrogen) atoms. The molecular formula is C14H15N3. The van der Waals surface area contributed by atoms with Gasteiger partial charge < -0.3 is 11.1 Å². The van der Waals surface area contributed by atoms with Crippen molar-refractivity contribution in [3.63, 3.8) is 0 Å². The molecule has 0 amide bonds. The molecule has 0 saturated carbocycles. The van der Waals surface area contributed by atoms with E-state index in [2.05, 4.69) is 11.4 Å². The lowest BCUT2D eigenvalue weighted by atomic mass is 10.0. The van der Waals surface area contributed by atoms with E-state index in [9.17, 15) is 0 Å². The molecule has 0 heterocycles. The van der Waals surface area contributed by atoms with Crippen LogP contribution in [0.2, 0.25) is 0 Å². The molecule has 0 spiro atoms. The molecule has 3 nitrogen and oxygen atoms in total. The minimum absolute atomic E-state index is 0.682. The van der Waals surface area contributed by atoms with Gasteiger partial charge >= 0.3 is 0 Å². The summed E-state index contributed by atoms with van der Waals surface area (Å²) in [4.78, 5) is 0. The Hall–Kier alpha value is -2.05. The highest BCUT2D eigenvalue weighted by molar-refractivity contribution is 5.97. The van der Waals surface area contributed by atoms with Gasteiger partial charge in [-0.05, 0) is 25.1 Å². The van der Waals surface area contributed by atoms with Gasteiger partial charge in [-0.15, -0.1) is 0 Å². The minimum Gasteiger partial charge on any atom is -0.384 e. The van der Waals surface area contributed by atoms with Crippen molar-refractivity contribution in [2.45, 2.75) is 6.42 Å². The van der Waals surface area contributed by atoms with Crippen molar-refractivity contribution in [2.24, 2.45) is 5.73 Å². The van der Waals surface area contributed by atoms with Gasteiger partial charge in [0.2, 0.25) is 0 Å². The second kappa shape index (κ2) is 5.33. The van der Waals surface area contributed by atoms with E-state index in [4.69, 9.17) is 11.0 Å². The van der Waals surface area contributed by atoms with Gasteiger partial charge in [0.25, 0.3) is 0 Å². The lowest BCUT2D eigenvalue weighted by Gasteiger charge is -2.10. The predicted molar refractivity (Wildman–Crippen MR) is 70.8 cm³/mol. The molecule has 0 fully saturated rings. The van der Waals surface area contributed by atoms with Gasteiger partial charge in [0, 0.05) is 23.0 Å². The molecule has 0 saturated heterocycles. The largest absolute Gasteiger partial charge is 0.384 e. The van der Waals surface area contributed by atoms with Crippen LogP contribution in [0.25, 0.3) is 10.8 Å². The topological polar surface area (TPSA) is 61.8 Å². The van der Waals surface area contributed by atoms with Crippen LogP contribution >= 0.6 is 0 Å². The van der Waals surface area contributed by atoms with Gasteiger partial charge in [0.15, 0.2) is 0 Å². The zero-order valence-electron chi connectivity index (χ0n) is 9.61. The summed E-state index contributed by atoms with van der Waals surface area (Å²) in [5.74, 6) is 0. The normalized spacial score (nSPS) is 10.1. The number of benzene rings is 2. The van der Waals surface area contributed by atoms with E-state index in [1.54, 1.807) is 0 Å². The van der Waals surface area contributed by atoms with Crippen molar-refractivity contribution in [3.05, 3.63) is 42.0 Å². The van der Waals surface area contributed by atoms with Crippen LogP contribution in [0.4, 0.5) is 5.69 Å². The first-order valence-electron chi connectivity index (χ1n) is 5.72. The summed E-state index contributed by atoms with van der Waals surface area (Å²) in [7, 11) is 0. The van der Waals surface area contributed by atoms with E-state index in [-0.39, 0.29) is 0 Å². The summed E-state index contributed by atoms with van der Waals surface area (Å²) < 4.78 is 0. The van der Waals surface area contributed by atoms with Crippen LogP contribution in [0.3, 0.4) is 0 Å². The summed E-state index contributed by atoms with van der Waals surface area (Å²) in [5, 5.41) is 14.5. The fraction of sp³-hybridized carbons (Fsp3) is 0.214. The van der Waals surface area contributed by atoms with Crippen molar-refractivity contribution in [1.82, 2.24) is 0 Å². The van der Waals surface area contributed by atoms with Crippen LogP contribution in [0.1, 0.15) is 12.0 Å². The van der Waals surface area contributed by atoms with Gasteiger partial charge in [0.1, 0.15) is 0 Å². The molecule has 86 valence electrons. The minimum atomic E-state index is 0.682. The van der Waals surface area contributed by atoms with Crippen LogP contribution in [-0.4, -0.2) is 13.1 Å². The van der Waals surface area contributed by atoms with Crippen LogP contribution in [0.5, 0.6) is 0 Å². The quantitative estimate of drug-likeness (QED) is 0.786. The second-order valence-corrected chi connectivity index (χ2v) is 3.89. The van der Waals surface area contributed by atoms with Gasteiger partial charge in [-0.2, -0.15) is 5.26 Å². The first kappa shape index (κ1) is 11.4. The number of rotatable bonds is 4. The number of fused-ring (bicyclic) bond motifs is 1. The van der Waals surface area contributed by atoms with Gasteiger partial charge in [0.05, 0.1) is 11.6 Å². The Morgan fingerprint density at radius 1 is 1.12 bits per heavy atom. The molecule has 0 atom stereocenters. The summed E-state index contributed by atoms with van der Waals surface area (Å²) in [6.07, 6.45) is 0.939. The maximum absolute atomic E-state index is 9.05. The fourth-order valence-electron chi connectivity index (χ4n) is 1.88. The average Bonchev–Trinajstić information content (AvgIpc) is 2.39. The average molecular weight is 225 g/mol. The fourth-order valence-corrected chi connectivity index (χ4v) is 1.88. The first-order valence-corrected chi connectivity index (χ1v) is 5.72. The lowest BCUT2D eigenvalue weighted by Crippen LogP contribution is -2.08. The number of anilines is 1. The van der Waals surface area contributed by atoms with E-state index in [1.807, 2.05) is 36.4 Å². The Bertz CT molecular complexity index is 555. The molecule has 0 aromatic heterocycles. The number of nitrogens with zero attached hydrogens (tertiary/aromatic N) is 1. The Morgan fingerprint density at radius 2 is 1.88 bits per heavy atom. The Morgan fingerprint density at radius 3 is 2.59 bits per heavy atom. The lowest BCUT2D eigenvalue weighted by molar-refractivity contribution is 0.875. The molecule has 0 unspecified atom stereocenters. The van der Waals surface area contributed by atoms with E-state index >= 15 is 0 Å². The standard InChI is InChI=1S/C14H15N3/c15-8-3-9-17-14-7-6-11(10-16)12-4-1-2-5-13(12)14/h1-2,4-7,17H,3,8-9,15H2. The Kier molecular flexibility index (Phi) is 3.59. The van der Waals surface area contributed by atoms with Gasteiger partial charge in [-0.1, -0.05) is 24.3 Å². The van der Waals surface area contributed by atoms with Crippen LogP contribution in [0.15, 0.2) is 36.4 Å². The molecule has 0 aliphatic carbocycles. The zero-order chi connectivity index (χ0) is 12.1. The number of nitrogens with two attached hydrogens (primary N) is 1. The Balaban J connectivity index is 2.41. The molecule has 0 bridgehead atoms. The number of nitriles is 1. The van der Waals surface area contributed by atoms with Crippen molar-refractivity contribution in [3.8, 4) is 6.07 Å². The van der Waals surface area contributed by atoms with Gasteiger partial charge in [-0.3, -0.25) is 0 Å². The SMILES string of the molecule is N#Cc1ccc(NCCCN)c2ccccc12. The molecule has 2 aromatic rings. The van der Waals surface area contributed by atoms with E-state index < -0.39 is 0 Å². The smallest absolute Gasteiger partial charge is 0.0998 e. The third-order valence-corrected chi connectivity index (χ3v) is 2.74. The third-order valence-electron chi connectivity index (χ3n) is 2.74. The molecule has 0 aliphatic rings. The summed E-state index contributed by atoms with van der Waals surface area (Å²) in [5.41, 5.74) is 7.24. The van der Waals surface area contributed by atoms with Gasteiger partial charge in [-0.25, -0.2) is 0 Å². The number of hydrogen-bond donors (Lipinski definition) is 2. The Labute approximate surface area is 101 Å². The summed E-state index contributed by atoms with van der Waals surface area (Å²) in [6, 6.07) is 14.0. The van der Waals surface area contributed by atoms with Crippen LogP contribution in [-0.2, 0) is 0 Å². The van der Waals surface area contributed by atoms with Crippen molar-refractivity contribution in [1.29, 1.82) is 5.26 Å². The number of nitrogens with one attached hydrogen (secondary N) is 1. The molecule has 3 heteroatoms. The van der Waals surface area contributed by atoms with Crippen molar-refractivity contribution >= 4 is 16.5 Å².